The molecule has 0 nitrogen and oxygen atoms in total. The van der Waals surface area contributed by atoms with Gasteiger partial charge in [0, 0.05) is 0 Å². The van der Waals surface area contributed by atoms with Gasteiger partial charge in [0.15, 0.2) is 0 Å². The van der Waals surface area contributed by atoms with E-state index in [1.807, 2.05) is 0 Å². The summed E-state index contributed by atoms with van der Waals surface area (Å²) in [7, 11) is 0. The molecule has 2 aromatic rings. The second-order valence-electron chi connectivity index (χ2n) is 20.8. The summed E-state index contributed by atoms with van der Waals surface area (Å²) < 4.78 is 3.92. The van der Waals surface area contributed by atoms with Crippen molar-refractivity contribution < 1.29 is 21.3 Å². The molecule has 8 rings (SSSR count). The molecule has 0 N–H and O–H groups in total. The summed E-state index contributed by atoms with van der Waals surface area (Å²) in [6, 6.07) is 19.4. The minimum atomic E-state index is -3.14. The summed E-state index contributed by atoms with van der Waals surface area (Å²) in [5.74, 6) is 0.793. The average molecular weight is 806 g/mol. The summed E-state index contributed by atoms with van der Waals surface area (Å²) in [5, 5.41) is 0. The molecule has 0 bridgehead atoms. The number of rotatable bonds is 4. The Morgan fingerprint density at radius 2 is 1.09 bits per heavy atom. The van der Waals surface area contributed by atoms with Gasteiger partial charge in [-0.3, -0.25) is 0 Å². The number of hydrogen-bond donors (Lipinski definition) is 0. The fraction of sp³-hybridized carbons (Fsp3) is 0.463. The van der Waals surface area contributed by atoms with Crippen molar-refractivity contribution in [1.29, 1.82) is 0 Å². The molecule has 55 heavy (non-hydrogen) atoms. The van der Waals surface area contributed by atoms with E-state index in [2.05, 4.69) is 224 Å². The Labute approximate surface area is 342 Å². The molecule has 6 aliphatic carbocycles. The van der Waals surface area contributed by atoms with Gasteiger partial charge in [-0.1, -0.05) is 0 Å². The van der Waals surface area contributed by atoms with Crippen molar-refractivity contribution in [2.45, 2.75) is 101 Å². The van der Waals surface area contributed by atoms with Gasteiger partial charge in [-0.2, -0.15) is 0 Å². The van der Waals surface area contributed by atoms with Crippen molar-refractivity contribution in [2.75, 3.05) is 0 Å². The number of benzene rings is 2. The van der Waals surface area contributed by atoms with Crippen molar-refractivity contribution in [3.8, 4) is 0 Å². The first kappa shape index (κ1) is 39.0. The van der Waals surface area contributed by atoms with Gasteiger partial charge in [0.1, 0.15) is 0 Å². The summed E-state index contributed by atoms with van der Waals surface area (Å²) in [6.45, 7) is 35.8. The van der Waals surface area contributed by atoms with Gasteiger partial charge in [0.05, 0.1) is 0 Å². The standard InChI is InChI=1S/C29H37.C15H14.C10H15.Zr/c1-21-14-13-15-22-20-27(6)25(4)18-10-9-16-23(25,2)24(3)17-11-12-19-26(24,5)29(27,8)28(21,22)7;1-12-3-7-14(8-4-12)11-15-9-5-13(2)6-10-15;1-8-5-6-9(7-8)10(2,3)4;/h9-20,22H,1-8H3;3-10H,1-2H3;6-8H,1-4H3;. The molecule has 1 heteroatoms. The molecule has 0 radical (unpaired) electrons. The Morgan fingerprint density at radius 3 is 1.58 bits per heavy atom. The topological polar surface area (TPSA) is 0 Å². The van der Waals surface area contributed by atoms with Crippen molar-refractivity contribution in [3.63, 3.8) is 0 Å². The molecule has 0 amide bonds. The molecule has 6 aliphatic rings. The normalized spacial score (nSPS) is 40.8. The van der Waals surface area contributed by atoms with Crippen molar-refractivity contribution in [3.05, 3.63) is 164 Å². The second kappa shape index (κ2) is 12.3. The zero-order valence-electron chi connectivity index (χ0n) is 36.4. The maximum atomic E-state index is 2.84. The van der Waals surface area contributed by atoms with E-state index in [0.29, 0.717) is 15.5 Å². The van der Waals surface area contributed by atoms with Gasteiger partial charge in [0.2, 0.25) is 0 Å². The monoisotopic (exact) mass is 804 g/mol. The first-order chi connectivity index (χ1) is 25.7. The molecule has 286 valence electrons. The molecular formula is C54H66Zr. The molecule has 2 aromatic carbocycles. The predicted molar refractivity (Wildman–Crippen MR) is 234 cm³/mol. The molecule has 2 saturated carbocycles. The van der Waals surface area contributed by atoms with Crippen LogP contribution in [0.3, 0.4) is 0 Å². The summed E-state index contributed by atoms with van der Waals surface area (Å²) in [5.41, 5.74) is 7.85. The quantitative estimate of drug-likeness (QED) is 0.289. The molecule has 0 heterocycles. The van der Waals surface area contributed by atoms with Crippen LogP contribution >= 0.6 is 0 Å². The van der Waals surface area contributed by atoms with Crippen LogP contribution in [-0.4, -0.2) is 3.21 Å². The first-order valence-corrected chi connectivity index (χ1v) is 25.0. The molecule has 2 fully saturated rings. The van der Waals surface area contributed by atoms with Crippen molar-refractivity contribution >= 4 is 3.21 Å². The van der Waals surface area contributed by atoms with Gasteiger partial charge in [-0.25, -0.2) is 0 Å². The summed E-state index contributed by atoms with van der Waals surface area (Å²) in [4.78, 5) is 0. The molecule has 0 spiro atoms. The Kier molecular flexibility index (Phi) is 8.72. The second-order valence-corrected chi connectivity index (χ2v) is 27.0. The summed E-state index contributed by atoms with van der Waals surface area (Å²) >= 11 is -3.14. The third-order valence-electron chi connectivity index (χ3n) is 18.2. The molecular weight excluding hydrogens is 740 g/mol. The van der Waals surface area contributed by atoms with Crippen molar-refractivity contribution in [2.24, 2.45) is 55.2 Å². The van der Waals surface area contributed by atoms with Crippen LogP contribution in [0.25, 0.3) is 0 Å². The van der Waals surface area contributed by atoms with Gasteiger partial charge in [-0.15, -0.1) is 0 Å². The van der Waals surface area contributed by atoms with Crippen molar-refractivity contribution in [1.82, 2.24) is 0 Å². The number of aryl methyl sites for hydroxylation is 2. The SMILES string of the molecule is CC1=CC=CC2[CH]([Zr]([C]3=CC(C(C)(C)C)=CC3C)=[C](c3ccc(C)cc3)c3ccc(C)cc3)C3(C)C4(C)C=CC=CC4(C)C4(C)C=CC=CC4(C)C3(C)C12C. The Balaban J connectivity index is 1.60. The van der Waals surface area contributed by atoms with E-state index in [1.165, 1.54) is 27.8 Å². The molecule has 10 unspecified atom stereocenters. The van der Waals surface area contributed by atoms with Gasteiger partial charge in [0.25, 0.3) is 0 Å². The molecule has 0 aromatic heterocycles. The number of fused-ring (bicyclic) bond motifs is 8. The van der Waals surface area contributed by atoms with Crippen LogP contribution in [0.2, 0.25) is 3.63 Å². The first-order valence-electron chi connectivity index (χ1n) is 21.1. The van der Waals surface area contributed by atoms with Crippen LogP contribution in [0.5, 0.6) is 0 Å². The van der Waals surface area contributed by atoms with Gasteiger partial charge < -0.3 is 0 Å². The number of hydrogen-bond acceptors (Lipinski definition) is 0. The van der Waals surface area contributed by atoms with E-state index in [9.17, 15) is 0 Å². The minimum absolute atomic E-state index is 0.0772. The van der Waals surface area contributed by atoms with Gasteiger partial charge in [-0.05, 0) is 0 Å². The zero-order chi connectivity index (χ0) is 39.8. The predicted octanol–water partition coefficient (Wildman–Crippen LogP) is 14.2. The third-order valence-corrected chi connectivity index (χ3v) is 27.7. The number of allylic oxidation sites excluding steroid dienone is 16. The Bertz CT molecular complexity index is 2190. The van der Waals surface area contributed by atoms with E-state index in [-0.39, 0.29) is 43.3 Å². The van der Waals surface area contributed by atoms with Crippen LogP contribution in [0.15, 0.2) is 142 Å². The maximum absolute atomic E-state index is 3.14. The van der Waals surface area contributed by atoms with E-state index < -0.39 is 21.3 Å². The zero-order valence-corrected chi connectivity index (χ0v) is 38.8. The third kappa shape index (κ3) is 4.58. The van der Waals surface area contributed by atoms with Crippen LogP contribution in [0.1, 0.15) is 105 Å². The fourth-order valence-electron chi connectivity index (χ4n) is 14.1. The Morgan fingerprint density at radius 1 is 0.618 bits per heavy atom. The average Bonchev–Trinajstić information content (AvgIpc) is 3.60. The molecule has 10 atom stereocenters. The van der Waals surface area contributed by atoms with E-state index in [1.54, 1.807) is 12.1 Å². The van der Waals surface area contributed by atoms with Crippen LogP contribution in [-0.2, 0) is 21.3 Å². The van der Waals surface area contributed by atoms with Crippen LogP contribution in [0.4, 0.5) is 0 Å². The van der Waals surface area contributed by atoms with Crippen LogP contribution < -0.4 is 0 Å². The van der Waals surface area contributed by atoms with Crippen LogP contribution in [0, 0.1) is 69.0 Å². The van der Waals surface area contributed by atoms with E-state index >= 15 is 0 Å². The fourth-order valence-corrected chi connectivity index (χ4v) is 25.8. The van der Waals surface area contributed by atoms with E-state index in [4.69, 9.17) is 0 Å². The molecule has 0 aliphatic heterocycles. The summed E-state index contributed by atoms with van der Waals surface area (Å²) in [6.07, 6.45) is 33.3. The molecule has 0 saturated heterocycles. The van der Waals surface area contributed by atoms with Gasteiger partial charge >= 0.3 is 344 Å². The Hall–Kier alpha value is -2.89. The van der Waals surface area contributed by atoms with E-state index in [0.717, 1.165) is 0 Å².